The van der Waals surface area contributed by atoms with Gasteiger partial charge in [-0.15, -0.1) is 0 Å². The largest absolute Gasteiger partial charge is 0.349 e. The van der Waals surface area contributed by atoms with Gasteiger partial charge in [0.05, 0.1) is 28.2 Å². The maximum absolute atomic E-state index is 13.1. The Balaban J connectivity index is 0.000000209. The molecule has 0 unspecified atom stereocenters. The summed E-state index contributed by atoms with van der Waals surface area (Å²) < 4.78 is 84.9. The fraction of sp³-hybridized carbons (Fsp3) is 0.356. The van der Waals surface area contributed by atoms with Gasteiger partial charge in [-0.25, -0.2) is 40.0 Å². The van der Waals surface area contributed by atoms with Crippen LogP contribution in [-0.2, 0) is 29.6 Å². The summed E-state index contributed by atoms with van der Waals surface area (Å²) in [5.41, 5.74) is 2.51. The number of rotatable bonds is 13. The van der Waals surface area contributed by atoms with E-state index in [2.05, 4.69) is 41.0 Å². The van der Waals surface area contributed by atoms with Crippen molar-refractivity contribution in [2.24, 2.45) is 11.8 Å². The second-order valence-electron chi connectivity index (χ2n) is 15.8. The molecule has 1 heterocycles. The second kappa shape index (κ2) is 21.0. The number of carbonyl (C=O) groups excluding carboxylic acids is 2. The Morgan fingerprint density at radius 3 is 1.37 bits per heavy atom. The van der Waals surface area contributed by atoms with E-state index in [0.717, 1.165) is 21.3 Å². The topological polar surface area (TPSA) is 168 Å². The van der Waals surface area contributed by atoms with Crippen LogP contribution in [0.15, 0.2) is 130 Å². The van der Waals surface area contributed by atoms with Gasteiger partial charge in [-0.1, -0.05) is 40.2 Å². The van der Waals surface area contributed by atoms with Gasteiger partial charge in [-0.3, -0.25) is 9.59 Å². The molecule has 17 heteroatoms. The first-order valence-electron chi connectivity index (χ1n) is 20.6. The molecule has 0 saturated heterocycles. The van der Waals surface area contributed by atoms with Crippen LogP contribution in [0.25, 0.3) is 5.69 Å². The Bertz CT molecular complexity index is 2460. The van der Waals surface area contributed by atoms with Crippen LogP contribution in [-0.4, -0.2) is 50.3 Å². The van der Waals surface area contributed by atoms with Gasteiger partial charge < -0.3 is 15.2 Å². The fourth-order valence-electron chi connectivity index (χ4n) is 7.68. The lowest BCUT2D eigenvalue weighted by atomic mass is 9.85. The molecule has 0 spiro atoms. The molecule has 2 fully saturated rings. The third kappa shape index (κ3) is 12.9. The quantitative estimate of drug-likeness (QED) is 0.0927. The SMILES string of the molecule is C[C@@H](NC(=O)C1CCC(NS(=O)(=O)c2ccc(-n3ccnc3)cc2)CC1)c1ccc(F)cc1.C[C@@H](NC(=O)C1CCC(NS(=O)(=O)c2ccc(Br)cc2)CC1)c1ccc(F)cc1. The number of benzene rings is 4. The van der Waals surface area contributed by atoms with Gasteiger partial charge >= 0.3 is 0 Å². The van der Waals surface area contributed by atoms with Crippen molar-refractivity contribution in [3.63, 3.8) is 0 Å². The van der Waals surface area contributed by atoms with E-state index in [9.17, 15) is 35.2 Å². The van der Waals surface area contributed by atoms with Crippen molar-refractivity contribution in [3.05, 3.63) is 143 Å². The first kappa shape index (κ1) is 46.7. The van der Waals surface area contributed by atoms with Gasteiger partial charge in [-0.05, 0) is 149 Å². The second-order valence-corrected chi connectivity index (χ2v) is 20.2. The first-order chi connectivity index (χ1) is 29.6. The van der Waals surface area contributed by atoms with E-state index < -0.39 is 20.0 Å². The minimum atomic E-state index is -3.65. The van der Waals surface area contributed by atoms with E-state index in [1.54, 1.807) is 96.1 Å². The van der Waals surface area contributed by atoms with Crippen molar-refractivity contribution in [3.8, 4) is 5.69 Å². The molecule has 4 N–H and O–H groups in total. The Morgan fingerprint density at radius 2 is 1.00 bits per heavy atom. The summed E-state index contributed by atoms with van der Waals surface area (Å²) in [6.07, 6.45) is 9.95. The standard InChI is InChI=1S/C24H27FN4O3S.C21H24BrFN2O3S/c1-17(18-2-6-20(25)7-3-18)27-24(30)19-4-8-21(9-5-19)28-33(31,32)23-12-10-22(11-13-23)29-15-14-26-16-29;1-14(15-2-8-18(23)9-3-15)24-21(26)16-4-10-19(11-5-16)25-29(27,28)20-12-6-17(22)7-13-20/h2-3,6-7,10-17,19,21,28H,4-5,8-9H2,1H3,(H,27,30);2-3,6-9,12-14,16,19,25H,4-5,10-11H2,1H3,(H,24,26)/t17-,19?,21?;14-,16?,19?/m11/s1. The lowest BCUT2D eigenvalue weighted by Gasteiger charge is -2.29. The summed E-state index contributed by atoms with van der Waals surface area (Å²) in [4.78, 5) is 29.7. The van der Waals surface area contributed by atoms with E-state index in [1.807, 2.05) is 13.8 Å². The number of sulfonamides is 2. The van der Waals surface area contributed by atoms with Crippen LogP contribution in [0, 0.1) is 23.5 Å². The highest BCUT2D eigenvalue weighted by Crippen LogP contribution is 2.29. The molecule has 2 saturated carbocycles. The highest BCUT2D eigenvalue weighted by atomic mass is 79.9. The van der Waals surface area contributed by atoms with Crippen molar-refractivity contribution in [2.45, 2.75) is 99.2 Å². The number of hydrogen-bond acceptors (Lipinski definition) is 7. The van der Waals surface area contributed by atoms with Crippen molar-refractivity contribution < 1.29 is 35.2 Å². The van der Waals surface area contributed by atoms with Crippen molar-refractivity contribution in [2.75, 3.05) is 0 Å². The maximum Gasteiger partial charge on any atom is 0.240 e. The molecule has 2 aliphatic carbocycles. The molecule has 1 aromatic heterocycles. The van der Waals surface area contributed by atoms with Crippen molar-refractivity contribution in [1.82, 2.24) is 29.6 Å². The zero-order valence-electron chi connectivity index (χ0n) is 34.4. The van der Waals surface area contributed by atoms with E-state index in [1.165, 1.54) is 24.3 Å². The van der Waals surface area contributed by atoms with Gasteiger partial charge in [0.15, 0.2) is 0 Å². The van der Waals surface area contributed by atoms with E-state index in [-0.39, 0.29) is 69.2 Å². The fourth-order valence-corrected chi connectivity index (χ4v) is 10.6. The van der Waals surface area contributed by atoms with Gasteiger partial charge in [0, 0.05) is 46.5 Å². The molecule has 0 bridgehead atoms. The third-order valence-corrected chi connectivity index (χ3v) is 15.0. The Hall–Kier alpha value is -4.81. The number of carbonyl (C=O) groups is 2. The normalized spacial score (nSPS) is 20.2. The molecule has 4 aromatic carbocycles. The van der Waals surface area contributed by atoms with Gasteiger partial charge in [0.25, 0.3) is 0 Å². The van der Waals surface area contributed by atoms with Gasteiger partial charge in [0.2, 0.25) is 31.9 Å². The van der Waals surface area contributed by atoms with Crippen LogP contribution in [0.3, 0.4) is 0 Å². The summed E-state index contributed by atoms with van der Waals surface area (Å²) in [5, 5.41) is 5.96. The summed E-state index contributed by atoms with van der Waals surface area (Å²) in [5.74, 6) is -1.03. The third-order valence-electron chi connectivity index (χ3n) is 11.4. The summed E-state index contributed by atoms with van der Waals surface area (Å²) in [7, 11) is -7.22. The number of halogens is 3. The predicted molar refractivity (Wildman–Crippen MR) is 236 cm³/mol. The zero-order chi connectivity index (χ0) is 44.4. The number of imidazole rings is 1. The Labute approximate surface area is 370 Å². The Kier molecular flexibility index (Phi) is 15.8. The monoisotopic (exact) mass is 952 g/mol. The lowest BCUT2D eigenvalue weighted by molar-refractivity contribution is -0.127. The van der Waals surface area contributed by atoms with Crippen LogP contribution < -0.4 is 20.1 Å². The van der Waals surface area contributed by atoms with E-state index >= 15 is 0 Å². The molecule has 0 radical (unpaired) electrons. The number of aromatic nitrogens is 2. The summed E-state index contributed by atoms with van der Waals surface area (Å²) in [6.45, 7) is 3.73. The predicted octanol–water partition coefficient (Wildman–Crippen LogP) is 8.03. The van der Waals surface area contributed by atoms with Crippen LogP contribution in [0.1, 0.15) is 88.4 Å². The maximum atomic E-state index is 13.1. The Morgan fingerprint density at radius 1 is 0.613 bits per heavy atom. The molecule has 2 amide bonds. The zero-order valence-corrected chi connectivity index (χ0v) is 37.6. The van der Waals surface area contributed by atoms with E-state index in [4.69, 9.17) is 0 Å². The highest BCUT2D eigenvalue weighted by Gasteiger charge is 2.31. The number of nitrogens with one attached hydrogen (secondary N) is 4. The molecular weight excluding hydrogens is 903 g/mol. The molecule has 7 rings (SSSR count). The molecule has 5 aromatic rings. The molecule has 2 aliphatic rings. The van der Waals surface area contributed by atoms with Crippen molar-refractivity contribution in [1.29, 1.82) is 0 Å². The number of amides is 2. The first-order valence-corrected chi connectivity index (χ1v) is 24.3. The number of nitrogens with zero attached hydrogens (tertiary/aromatic N) is 2. The molecule has 2 atom stereocenters. The number of hydrogen-bond donors (Lipinski definition) is 4. The molecule has 0 aliphatic heterocycles. The molecule has 330 valence electrons. The molecule has 62 heavy (non-hydrogen) atoms. The minimum absolute atomic E-state index is 0.0453. The van der Waals surface area contributed by atoms with Crippen LogP contribution in [0.2, 0.25) is 0 Å². The average molecular weight is 954 g/mol. The van der Waals surface area contributed by atoms with Crippen molar-refractivity contribution >= 4 is 47.8 Å². The van der Waals surface area contributed by atoms with Crippen LogP contribution in [0.5, 0.6) is 0 Å². The van der Waals surface area contributed by atoms with Crippen LogP contribution in [0.4, 0.5) is 8.78 Å². The lowest BCUT2D eigenvalue weighted by Crippen LogP contribution is -2.41. The summed E-state index contributed by atoms with van der Waals surface area (Å²) in [6, 6.07) is 24.5. The molecule has 12 nitrogen and oxygen atoms in total. The average Bonchev–Trinajstić information content (AvgIpc) is 3.80. The highest BCUT2D eigenvalue weighted by molar-refractivity contribution is 9.10. The van der Waals surface area contributed by atoms with Gasteiger partial charge in [0.1, 0.15) is 11.6 Å². The summed E-state index contributed by atoms with van der Waals surface area (Å²) >= 11 is 3.30. The van der Waals surface area contributed by atoms with Gasteiger partial charge in [-0.2, -0.15) is 0 Å². The van der Waals surface area contributed by atoms with Crippen LogP contribution >= 0.6 is 15.9 Å². The molecular formula is C45H51BrF2N6O6S2. The minimum Gasteiger partial charge on any atom is -0.349 e. The smallest absolute Gasteiger partial charge is 0.240 e. The van der Waals surface area contributed by atoms with E-state index in [0.29, 0.717) is 51.4 Å².